The molecule has 1 aliphatic carbocycles. The van der Waals surface area contributed by atoms with Gasteiger partial charge in [-0.2, -0.15) is 5.10 Å². The van der Waals surface area contributed by atoms with Gasteiger partial charge in [-0.15, -0.1) is 0 Å². The number of ether oxygens (including phenoxy) is 1. The number of rotatable bonds is 4. The molecule has 1 aromatic carbocycles. The number of amides is 1. The lowest BCUT2D eigenvalue weighted by molar-refractivity contribution is 0.0626. The van der Waals surface area contributed by atoms with Crippen molar-refractivity contribution in [1.29, 1.82) is 0 Å². The Balaban J connectivity index is 1.38. The second kappa shape index (κ2) is 6.67. The third-order valence-corrected chi connectivity index (χ3v) is 5.04. The highest BCUT2D eigenvalue weighted by molar-refractivity contribution is 5.94. The fourth-order valence-corrected chi connectivity index (χ4v) is 3.76. The van der Waals surface area contributed by atoms with E-state index in [-0.39, 0.29) is 5.91 Å². The minimum absolute atomic E-state index is 0.0822. The first-order chi connectivity index (χ1) is 11.8. The molecule has 1 N–H and O–H groups in total. The van der Waals surface area contributed by atoms with E-state index in [1.165, 1.54) is 0 Å². The van der Waals surface area contributed by atoms with Gasteiger partial charge in [0.05, 0.1) is 6.61 Å². The van der Waals surface area contributed by atoms with Crippen molar-refractivity contribution >= 4 is 5.91 Å². The molecule has 5 nitrogen and oxygen atoms in total. The van der Waals surface area contributed by atoms with Crippen molar-refractivity contribution in [2.24, 2.45) is 5.92 Å². The lowest BCUT2D eigenvalue weighted by atomic mass is 9.98. The number of carbonyl (C=O) groups excluding carboxylic acids is 1. The second-order valence-corrected chi connectivity index (χ2v) is 6.77. The van der Waals surface area contributed by atoms with Gasteiger partial charge in [-0.05, 0) is 44.2 Å². The lowest BCUT2D eigenvalue weighted by Crippen LogP contribution is -2.42. The summed E-state index contributed by atoms with van der Waals surface area (Å²) in [5, 5.41) is 7.33. The van der Waals surface area contributed by atoms with Gasteiger partial charge in [0, 0.05) is 30.3 Å². The molecule has 0 radical (unpaired) electrons. The maximum Gasteiger partial charge on any atom is 0.274 e. The van der Waals surface area contributed by atoms with Crippen LogP contribution in [0.1, 0.15) is 41.0 Å². The first-order valence-corrected chi connectivity index (χ1v) is 8.84. The van der Waals surface area contributed by atoms with Gasteiger partial charge in [0.2, 0.25) is 0 Å². The molecule has 24 heavy (non-hydrogen) atoms. The van der Waals surface area contributed by atoms with Crippen molar-refractivity contribution in [1.82, 2.24) is 15.1 Å². The molecule has 5 heteroatoms. The van der Waals surface area contributed by atoms with E-state index in [1.54, 1.807) is 0 Å². The highest BCUT2D eigenvalue weighted by atomic mass is 16.5. The third-order valence-electron chi connectivity index (χ3n) is 5.04. The minimum atomic E-state index is 0.0822. The summed E-state index contributed by atoms with van der Waals surface area (Å²) in [5.74, 6) is 1.36. The number of piperidine rings is 1. The molecule has 2 aliphatic rings. The molecule has 1 aliphatic heterocycles. The normalized spacial score (nSPS) is 20.0. The van der Waals surface area contributed by atoms with E-state index >= 15 is 0 Å². The number of H-pyrrole nitrogens is 1. The van der Waals surface area contributed by atoms with Crippen LogP contribution in [0, 0.1) is 5.92 Å². The Morgan fingerprint density at radius 2 is 2.12 bits per heavy atom. The Labute approximate surface area is 142 Å². The summed E-state index contributed by atoms with van der Waals surface area (Å²) in [6.07, 6.45) is 5.25. The van der Waals surface area contributed by atoms with Gasteiger partial charge < -0.3 is 9.64 Å². The Morgan fingerprint density at radius 1 is 1.25 bits per heavy atom. The number of aromatic amines is 1. The number of nitrogens with zero attached hydrogens (tertiary/aromatic N) is 2. The van der Waals surface area contributed by atoms with E-state index in [9.17, 15) is 4.79 Å². The first-order valence-electron chi connectivity index (χ1n) is 8.84. The van der Waals surface area contributed by atoms with Crippen LogP contribution in [0.25, 0.3) is 0 Å². The summed E-state index contributed by atoms with van der Waals surface area (Å²) in [4.78, 5) is 14.8. The van der Waals surface area contributed by atoms with Gasteiger partial charge in [-0.1, -0.05) is 18.2 Å². The van der Waals surface area contributed by atoms with Gasteiger partial charge in [0.25, 0.3) is 5.91 Å². The largest absolute Gasteiger partial charge is 0.493 e. The third kappa shape index (κ3) is 3.03. The van der Waals surface area contributed by atoms with E-state index in [1.807, 2.05) is 35.2 Å². The molecule has 4 rings (SSSR count). The molecule has 2 heterocycles. The number of nitrogens with one attached hydrogen (secondary N) is 1. The molecule has 0 saturated carbocycles. The number of hydrogen-bond donors (Lipinski definition) is 1. The van der Waals surface area contributed by atoms with Crippen LogP contribution < -0.4 is 4.74 Å². The summed E-state index contributed by atoms with van der Waals surface area (Å²) < 4.78 is 5.88. The molecule has 126 valence electrons. The quantitative estimate of drug-likeness (QED) is 0.940. The number of carbonyl (C=O) groups is 1. The highest BCUT2D eigenvalue weighted by Gasteiger charge is 2.30. The number of para-hydroxylation sites is 1. The predicted octanol–water partition coefficient (Wildman–Crippen LogP) is 2.83. The standard InChI is InChI=1S/C19H23N3O2/c23-19(18-16-9-4-10-17(16)20-21-18)22-11-5-6-14(12-22)13-24-15-7-2-1-3-8-15/h1-3,7-8,14H,4-6,9-13H2,(H,20,21)/t14-/m1/s1. The monoisotopic (exact) mass is 325 g/mol. The molecular formula is C19H23N3O2. The van der Waals surface area contributed by atoms with Crippen LogP contribution in [0.5, 0.6) is 5.75 Å². The zero-order valence-corrected chi connectivity index (χ0v) is 13.8. The Kier molecular flexibility index (Phi) is 4.24. The molecule has 1 atom stereocenters. The van der Waals surface area contributed by atoms with Crippen molar-refractivity contribution in [2.75, 3.05) is 19.7 Å². The molecule has 0 spiro atoms. The SMILES string of the molecule is O=C(c1n[nH]c2c1CCC2)N1CCC[C@@H](COc2ccccc2)C1. The predicted molar refractivity (Wildman–Crippen MR) is 91.2 cm³/mol. The van der Waals surface area contributed by atoms with Gasteiger partial charge in [0.15, 0.2) is 5.69 Å². The van der Waals surface area contributed by atoms with E-state index < -0.39 is 0 Å². The van der Waals surface area contributed by atoms with Crippen molar-refractivity contribution in [2.45, 2.75) is 32.1 Å². The highest BCUT2D eigenvalue weighted by Crippen LogP contribution is 2.26. The van der Waals surface area contributed by atoms with Gasteiger partial charge in [0.1, 0.15) is 5.75 Å². The zero-order chi connectivity index (χ0) is 16.4. The summed E-state index contributed by atoms with van der Waals surface area (Å²) in [5.41, 5.74) is 2.94. The number of aryl methyl sites for hydroxylation is 1. The fraction of sp³-hybridized carbons (Fsp3) is 0.474. The van der Waals surface area contributed by atoms with Crippen LogP contribution in [0.4, 0.5) is 0 Å². The number of hydrogen-bond acceptors (Lipinski definition) is 3. The smallest absolute Gasteiger partial charge is 0.274 e. The van der Waals surface area contributed by atoms with Gasteiger partial charge in [-0.3, -0.25) is 9.89 Å². The summed E-state index contributed by atoms with van der Waals surface area (Å²) in [6, 6.07) is 9.88. The Bertz CT molecular complexity index is 711. The van der Waals surface area contributed by atoms with E-state index in [4.69, 9.17) is 4.74 Å². The average molecular weight is 325 g/mol. The number of aromatic nitrogens is 2. The molecule has 1 aromatic heterocycles. The van der Waals surface area contributed by atoms with Crippen LogP contribution in [0.3, 0.4) is 0 Å². The van der Waals surface area contributed by atoms with E-state index in [2.05, 4.69) is 10.2 Å². The molecule has 1 fully saturated rings. The van der Waals surface area contributed by atoms with Crippen LogP contribution >= 0.6 is 0 Å². The zero-order valence-electron chi connectivity index (χ0n) is 13.8. The summed E-state index contributed by atoms with van der Waals surface area (Å²) in [7, 11) is 0. The van der Waals surface area contributed by atoms with Crippen molar-refractivity contribution < 1.29 is 9.53 Å². The summed E-state index contributed by atoms with van der Waals surface area (Å²) >= 11 is 0. The average Bonchev–Trinajstić information content (AvgIpc) is 3.24. The maximum atomic E-state index is 12.8. The van der Waals surface area contributed by atoms with Crippen molar-refractivity contribution in [3.8, 4) is 5.75 Å². The van der Waals surface area contributed by atoms with Crippen LogP contribution in [-0.2, 0) is 12.8 Å². The Morgan fingerprint density at radius 3 is 3.00 bits per heavy atom. The summed E-state index contributed by atoms with van der Waals surface area (Å²) in [6.45, 7) is 2.24. The molecule has 1 saturated heterocycles. The van der Waals surface area contributed by atoms with E-state index in [0.29, 0.717) is 18.2 Å². The van der Waals surface area contributed by atoms with Crippen LogP contribution in [-0.4, -0.2) is 40.7 Å². The lowest BCUT2D eigenvalue weighted by Gasteiger charge is -2.32. The number of likely N-dealkylation sites (tertiary alicyclic amines) is 1. The van der Waals surface area contributed by atoms with Crippen molar-refractivity contribution in [3.05, 3.63) is 47.3 Å². The molecule has 0 unspecified atom stereocenters. The molecule has 2 aromatic rings. The molecule has 0 bridgehead atoms. The van der Waals surface area contributed by atoms with Gasteiger partial charge in [-0.25, -0.2) is 0 Å². The maximum absolute atomic E-state index is 12.8. The number of benzene rings is 1. The molecule has 1 amide bonds. The Hall–Kier alpha value is -2.30. The topological polar surface area (TPSA) is 58.2 Å². The molecular weight excluding hydrogens is 302 g/mol. The fourth-order valence-electron chi connectivity index (χ4n) is 3.76. The van der Waals surface area contributed by atoms with Crippen LogP contribution in [0.15, 0.2) is 30.3 Å². The van der Waals surface area contributed by atoms with Gasteiger partial charge >= 0.3 is 0 Å². The number of fused-ring (bicyclic) bond motifs is 1. The second-order valence-electron chi connectivity index (χ2n) is 6.77. The minimum Gasteiger partial charge on any atom is -0.493 e. The first kappa shape index (κ1) is 15.2. The van der Waals surface area contributed by atoms with Crippen molar-refractivity contribution in [3.63, 3.8) is 0 Å². The van der Waals surface area contributed by atoms with Crippen LogP contribution in [0.2, 0.25) is 0 Å². The van der Waals surface area contributed by atoms with E-state index in [0.717, 1.165) is 62.2 Å².